The summed E-state index contributed by atoms with van der Waals surface area (Å²) in [5.41, 5.74) is 4.74. The SMILES string of the molecule is CCN1CCN([C@@H](c2cc3c(C)cc(C)cc3[nH]c2=O)c2nnnn2Cc2ccc(OC)cc2)CC1. The number of nitrogens with one attached hydrogen (secondary N) is 1. The van der Waals surface area contributed by atoms with Crippen LogP contribution in [0.25, 0.3) is 10.9 Å². The molecule has 0 unspecified atom stereocenters. The number of hydrogen-bond acceptors (Lipinski definition) is 7. The maximum absolute atomic E-state index is 13.5. The zero-order valence-corrected chi connectivity index (χ0v) is 21.4. The van der Waals surface area contributed by atoms with Gasteiger partial charge < -0.3 is 14.6 Å². The van der Waals surface area contributed by atoms with Gasteiger partial charge in [0, 0.05) is 42.6 Å². The zero-order chi connectivity index (χ0) is 25.2. The number of nitrogens with zero attached hydrogens (tertiary/aromatic N) is 6. The molecule has 188 valence electrons. The predicted molar refractivity (Wildman–Crippen MR) is 139 cm³/mol. The summed E-state index contributed by atoms with van der Waals surface area (Å²) in [4.78, 5) is 21.4. The molecule has 0 spiro atoms. The van der Waals surface area contributed by atoms with Gasteiger partial charge in [-0.2, -0.15) is 0 Å². The molecule has 9 heteroatoms. The standard InChI is InChI=1S/C27H33N7O2/c1-5-32-10-12-33(13-11-32)25(23-16-22-19(3)14-18(2)15-24(22)28-27(23)35)26-29-30-31-34(26)17-20-6-8-21(36-4)9-7-20/h6-9,14-16,25H,5,10-13,17H2,1-4H3,(H,28,35)/t25-/m0/s1. The lowest BCUT2D eigenvalue weighted by Crippen LogP contribution is -2.49. The van der Waals surface area contributed by atoms with Crippen molar-refractivity contribution >= 4 is 10.9 Å². The molecule has 2 aromatic carbocycles. The fraction of sp³-hybridized carbons (Fsp3) is 0.407. The molecule has 5 rings (SSSR count). The van der Waals surface area contributed by atoms with E-state index in [1.165, 1.54) is 0 Å². The number of pyridine rings is 1. The molecule has 1 aliphatic heterocycles. The minimum atomic E-state index is -0.355. The smallest absolute Gasteiger partial charge is 0.253 e. The Labute approximate surface area is 210 Å². The fourth-order valence-electron chi connectivity index (χ4n) is 5.15. The van der Waals surface area contributed by atoms with E-state index in [0.29, 0.717) is 17.9 Å². The molecule has 1 saturated heterocycles. The first-order valence-corrected chi connectivity index (χ1v) is 12.5. The van der Waals surface area contributed by atoms with Crippen LogP contribution in [0.4, 0.5) is 0 Å². The van der Waals surface area contributed by atoms with Crippen molar-refractivity contribution in [2.24, 2.45) is 0 Å². The van der Waals surface area contributed by atoms with Crippen molar-refractivity contribution in [1.29, 1.82) is 0 Å². The van der Waals surface area contributed by atoms with Gasteiger partial charge in [-0.1, -0.05) is 25.1 Å². The van der Waals surface area contributed by atoms with Gasteiger partial charge in [0.05, 0.1) is 13.7 Å². The number of rotatable bonds is 7. The summed E-state index contributed by atoms with van der Waals surface area (Å²) in [6.45, 7) is 11.4. The molecule has 4 aromatic rings. The molecule has 1 N–H and O–H groups in total. The summed E-state index contributed by atoms with van der Waals surface area (Å²) < 4.78 is 7.10. The van der Waals surface area contributed by atoms with Crippen molar-refractivity contribution in [1.82, 2.24) is 35.0 Å². The van der Waals surface area contributed by atoms with Gasteiger partial charge in [-0.25, -0.2) is 4.68 Å². The van der Waals surface area contributed by atoms with Crippen LogP contribution in [0, 0.1) is 13.8 Å². The number of aromatic nitrogens is 5. The number of fused-ring (bicyclic) bond motifs is 1. The number of tetrazole rings is 1. The van der Waals surface area contributed by atoms with Crippen LogP contribution in [-0.4, -0.2) is 74.8 Å². The Bertz CT molecular complexity index is 1400. The van der Waals surface area contributed by atoms with E-state index in [2.05, 4.69) is 50.2 Å². The third-order valence-electron chi connectivity index (χ3n) is 7.15. The second-order valence-corrected chi connectivity index (χ2v) is 9.51. The summed E-state index contributed by atoms with van der Waals surface area (Å²) in [6, 6.07) is 13.7. The van der Waals surface area contributed by atoms with Gasteiger partial charge in [-0.3, -0.25) is 9.69 Å². The highest BCUT2D eigenvalue weighted by Crippen LogP contribution is 2.29. The van der Waals surface area contributed by atoms with Gasteiger partial charge in [-0.05, 0) is 71.8 Å². The molecule has 0 amide bonds. The van der Waals surface area contributed by atoms with E-state index in [0.717, 1.165) is 66.1 Å². The Morgan fingerprint density at radius 2 is 1.81 bits per heavy atom. The minimum Gasteiger partial charge on any atom is -0.497 e. The molecule has 1 aliphatic rings. The van der Waals surface area contributed by atoms with Gasteiger partial charge in [0.25, 0.3) is 5.56 Å². The van der Waals surface area contributed by atoms with Crippen LogP contribution in [0.5, 0.6) is 5.75 Å². The van der Waals surface area contributed by atoms with Crippen molar-refractivity contribution < 1.29 is 4.74 Å². The van der Waals surface area contributed by atoms with Crippen LogP contribution in [0.2, 0.25) is 0 Å². The Morgan fingerprint density at radius 1 is 1.06 bits per heavy atom. The van der Waals surface area contributed by atoms with E-state index in [4.69, 9.17) is 4.74 Å². The second-order valence-electron chi connectivity index (χ2n) is 9.51. The number of piperazine rings is 1. The van der Waals surface area contributed by atoms with Gasteiger partial charge in [0.15, 0.2) is 5.82 Å². The van der Waals surface area contributed by atoms with Crippen molar-refractivity contribution in [3.63, 3.8) is 0 Å². The van der Waals surface area contributed by atoms with Crippen molar-refractivity contribution in [3.8, 4) is 5.75 Å². The molecule has 0 bridgehead atoms. The predicted octanol–water partition coefficient (Wildman–Crippen LogP) is 2.92. The highest BCUT2D eigenvalue weighted by atomic mass is 16.5. The van der Waals surface area contributed by atoms with E-state index < -0.39 is 0 Å². The van der Waals surface area contributed by atoms with Crippen molar-refractivity contribution in [3.05, 3.63) is 80.9 Å². The minimum absolute atomic E-state index is 0.102. The van der Waals surface area contributed by atoms with Crippen LogP contribution in [0.1, 0.15) is 41.0 Å². The monoisotopic (exact) mass is 487 g/mol. The van der Waals surface area contributed by atoms with Gasteiger partial charge >= 0.3 is 0 Å². The third kappa shape index (κ3) is 4.76. The summed E-state index contributed by atoms with van der Waals surface area (Å²) in [5.74, 6) is 1.47. The molecule has 1 atom stereocenters. The molecule has 3 heterocycles. The first-order valence-electron chi connectivity index (χ1n) is 12.5. The number of H-pyrrole nitrogens is 1. The number of aryl methyl sites for hydroxylation is 2. The Morgan fingerprint density at radius 3 is 2.50 bits per heavy atom. The van der Waals surface area contributed by atoms with Crippen molar-refractivity contribution in [2.75, 3.05) is 39.8 Å². The fourth-order valence-corrected chi connectivity index (χ4v) is 5.15. The molecule has 2 aromatic heterocycles. The lowest BCUT2D eigenvalue weighted by molar-refractivity contribution is 0.108. The highest BCUT2D eigenvalue weighted by Gasteiger charge is 2.32. The van der Waals surface area contributed by atoms with E-state index in [1.54, 1.807) is 7.11 Å². The van der Waals surface area contributed by atoms with Gasteiger partial charge in [-0.15, -0.1) is 5.10 Å². The Balaban J connectivity index is 1.59. The number of aromatic amines is 1. The number of methoxy groups -OCH3 is 1. The largest absolute Gasteiger partial charge is 0.497 e. The molecule has 0 radical (unpaired) electrons. The molecule has 0 saturated carbocycles. The maximum Gasteiger partial charge on any atom is 0.253 e. The molecule has 36 heavy (non-hydrogen) atoms. The van der Waals surface area contributed by atoms with Crippen LogP contribution in [0.15, 0.2) is 47.3 Å². The molecule has 1 fully saturated rings. The number of benzene rings is 2. The lowest BCUT2D eigenvalue weighted by atomic mass is 9.99. The first-order chi connectivity index (χ1) is 17.5. The lowest BCUT2D eigenvalue weighted by Gasteiger charge is -2.38. The van der Waals surface area contributed by atoms with Crippen molar-refractivity contribution in [2.45, 2.75) is 33.4 Å². The third-order valence-corrected chi connectivity index (χ3v) is 7.15. The van der Waals surface area contributed by atoms with Crippen LogP contribution >= 0.6 is 0 Å². The highest BCUT2D eigenvalue weighted by molar-refractivity contribution is 5.83. The quantitative estimate of drug-likeness (QED) is 0.429. The van der Waals surface area contributed by atoms with E-state index in [9.17, 15) is 4.79 Å². The number of hydrogen-bond donors (Lipinski definition) is 1. The molecular weight excluding hydrogens is 454 g/mol. The molecule has 9 nitrogen and oxygen atoms in total. The zero-order valence-electron chi connectivity index (χ0n) is 21.4. The van der Waals surface area contributed by atoms with E-state index in [1.807, 2.05) is 48.0 Å². The normalized spacial score (nSPS) is 15.9. The summed E-state index contributed by atoms with van der Waals surface area (Å²) in [5, 5.41) is 13.9. The number of likely N-dealkylation sites (N-methyl/N-ethyl adjacent to an activating group) is 1. The van der Waals surface area contributed by atoms with E-state index >= 15 is 0 Å². The summed E-state index contributed by atoms with van der Waals surface area (Å²) in [6.07, 6.45) is 0. The first kappa shape index (κ1) is 24.1. The van der Waals surface area contributed by atoms with Crippen LogP contribution < -0.4 is 10.3 Å². The Kier molecular flexibility index (Phi) is 6.84. The average Bonchev–Trinajstić information content (AvgIpc) is 3.33. The maximum atomic E-state index is 13.5. The van der Waals surface area contributed by atoms with Crippen LogP contribution in [0.3, 0.4) is 0 Å². The molecular formula is C27H33N7O2. The second kappa shape index (κ2) is 10.2. The summed E-state index contributed by atoms with van der Waals surface area (Å²) in [7, 11) is 1.65. The Hall–Kier alpha value is -3.56. The van der Waals surface area contributed by atoms with E-state index in [-0.39, 0.29) is 11.6 Å². The average molecular weight is 488 g/mol. The van der Waals surface area contributed by atoms with Gasteiger partial charge in [0.2, 0.25) is 0 Å². The topological polar surface area (TPSA) is 92.2 Å². The van der Waals surface area contributed by atoms with Gasteiger partial charge in [0.1, 0.15) is 11.8 Å². The summed E-state index contributed by atoms with van der Waals surface area (Å²) >= 11 is 0. The van der Waals surface area contributed by atoms with Crippen LogP contribution in [-0.2, 0) is 6.54 Å². The number of ether oxygens (including phenoxy) is 1. The molecule has 0 aliphatic carbocycles.